The van der Waals surface area contributed by atoms with Gasteiger partial charge in [-0.25, -0.2) is 4.79 Å². The molecule has 4 nitrogen and oxygen atoms in total. The molecule has 0 spiro atoms. The number of hydrogen-bond acceptors (Lipinski definition) is 3. The highest BCUT2D eigenvalue weighted by Gasteiger charge is 2.20. The van der Waals surface area contributed by atoms with Gasteiger partial charge in [0.05, 0.1) is 0 Å². The van der Waals surface area contributed by atoms with Crippen molar-refractivity contribution in [3.05, 3.63) is 30.3 Å². The van der Waals surface area contributed by atoms with E-state index in [1.165, 1.54) is 0 Å². The van der Waals surface area contributed by atoms with Crippen LogP contribution >= 0.6 is 0 Å². The molecule has 0 unspecified atom stereocenters. The second-order valence-electron chi connectivity index (χ2n) is 3.18. The van der Waals surface area contributed by atoms with Crippen LogP contribution < -0.4 is 10.6 Å². The molecule has 0 aromatic heterocycles. The predicted molar refractivity (Wildman–Crippen MR) is 53.2 cm³/mol. The quantitative estimate of drug-likeness (QED) is 0.740. The van der Waals surface area contributed by atoms with E-state index in [-0.39, 0.29) is 12.2 Å². The summed E-state index contributed by atoms with van der Waals surface area (Å²) >= 11 is 0. The molecule has 0 atom stereocenters. The Morgan fingerprint density at radius 3 is 2.64 bits per heavy atom. The van der Waals surface area contributed by atoms with Crippen LogP contribution in [0.15, 0.2) is 30.3 Å². The molecule has 1 aromatic rings. The third-order valence-electron chi connectivity index (χ3n) is 2.04. The van der Waals surface area contributed by atoms with E-state index < -0.39 is 0 Å². The molecule has 0 bridgehead atoms. The van der Waals surface area contributed by atoms with E-state index in [9.17, 15) is 4.79 Å². The fourth-order valence-corrected chi connectivity index (χ4v) is 1.17. The maximum atomic E-state index is 11.3. The normalized spacial score (nSPS) is 15.7. The monoisotopic (exact) mass is 192 g/mol. The van der Waals surface area contributed by atoms with E-state index in [1.807, 2.05) is 30.3 Å². The van der Waals surface area contributed by atoms with Gasteiger partial charge in [0.1, 0.15) is 6.10 Å². The maximum Gasteiger partial charge on any atom is 0.411 e. The highest BCUT2D eigenvalue weighted by Crippen LogP contribution is 2.07. The third-order valence-corrected chi connectivity index (χ3v) is 2.04. The Labute approximate surface area is 82.3 Å². The average Bonchev–Trinajstić information content (AvgIpc) is 2.13. The van der Waals surface area contributed by atoms with Crippen LogP contribution in [0.4, 0.5) is 10.5 Å². The molecular weight excluding hydrogens is 180 g/mol. The molecule has 1 amide bonds. The predicted octanol–water partition coefficient (Wildman–Crippen LogP) is 1.21. The van der Waals surface area contributed by atoms with Gasteiger partial charge in [-0.2, -0.15) is 0 Å². The number of amides is 1. The Hall–Kier alpha value is -1.55. The lowest BCUT2D eigenvalue weighted by Gasteiger charge is -2.26. The standard InChI is InChI=1S/C10H12N2O2/c13-10(14-9-6-11-7-9)12-8-4-2-1-3-5-8/h1-5,9,11H,6-7H2,(H,12,13). The van der Waals surface area contributed by atoms with Gasteiger partial charge in [-0.3, -0.25) is 5.32 Å². The van der Waals surface area contributed by atoms with Crippen LogP contribution in [-0.2, 0) is 4.74 Å². The van der Waals surface area contributed by atoms with Gasteiger partial charge >= 0.3 is 6.09 Å². The largest absolute Gasteiger partial charge is 0.443 e. The van der Waals surface area contributed by atoms with E-state index in [0.29, 0.717) is 0 Å². The van der Waals surface area contributed by atoms with Crippen LogP contribution in [0.1, 0.15) is 0 Å². The zero-order chi connectivity index (χ0) is 9.80. The van der Waals surface area contributed by atoms with Crippen LogP contribution in [0.3, 0.4) is 0 Å². The first-order valence-electron chi connectivity index (χ1n) is 4.58. The summed E-state index contributed by atoms with van der Waals surface area (Å²) in [5, 5.41) is 5.68. The molecule has 0 saturated carbocycles. The molecule has 74 valence electrons. The smallest absolute Gasteiger partial charge is 0.411 e. The summed E-state index contributed by atoms with van der Waals surface area (Å²) in [6, 6.07) is 9.26. The molecule has 1 fully saturated rings. The molecule has 4 heteroatoms. The van der Waals surface area contributed by atoms with Gasteiger partial charge in [-0.05, 0) is 12.1 Å². The zero-order valence-electron chi connectivity index (χ0n) is 7.69. The van der Waals surface area contributed by atoms with E-state index in [4.69, 9.17) is 4.74 Å². The van der Waals surface area contributed by atoms with Crippen molar-refractivity contribution in [2.24, 2.45) is 0 Å². The fourth-order valence-electron chi connectivity index (χ4n) is 1.17. The molecule has 1 heterocycles. The lowest BCUT2D eigenvalue weighted by atomic mass is 10.2. The van der Waals surface area contributed by atoms with Crippen molar-refractivity contribution < 1.29 is 9.53 Å². The summed E-state index contributed by atoms with van der Waals surface area (Å²) in [4.78, 5) is 11.3. The Morgan fingerprint density at radius 2 is 2.07 bits per heavy atom. The number of carbonyl (C=O) groups excluding carboxylic acids is 1. The number of hydrogen-bond donors (Lipinski definition) is 2. The van der Waals surface area contributed by atoms with E-state index >= 15 is 0 Å². The molecule has 1 aromatic carbocycles. The first-order valence-corrected chi connectivity index (χ1v) is 4.58. The molecule has 14 heavy (non-hydrogen) atoms. The number of para-hydroxylation sites is 1. The van der Waals surface area contributed by atoms with Crippen LogP contribution in [0, 0.1) is 0 Å². The lowest BCUT2D eigenvalue weighted by Crippen LogP contribution is -2.49. The lowest BCUT2D eigenvalue weighted by molar-refractivity contribution is 0.0778. The van der Waals surface area contributed by atoms with Crippen LogP contribution in [0.2, 0.25) is 0 Å². The number of benzene rings is 1. The first kappa shape index (κ1) is 9.02. The summed E-state index contributed by atoms with van der Waals surface area (Å²) in [6.45, 7) is 1.50. The van der Waals surface area contributed by atoms with Gasteiger partial charge < -0.3 is 10.1 Å². The minimum Gasteiger partial charge on any atom is -0.443 e. The summed E-state index contributed by atoms with van der Waals surface area (Å²) in [7, 11) is 0. The fraction of sp³-hybridized carbons (Fsp3) is 0.300. The highest BCUT2D eigenvalue weighted by molar-refractivity contribution is 5.84. The van der Waals surface area contributed by atoms with Crippen LogP contribution in [0.5, 0.6) is 0 Å². The van der Waals surface area contributed by atoms with Gasteiger partial charge in [-0.15, -0.1) is 0 Å². The molecule has 1 aliphatic heterocycles. The minimum absolute atomic E-state index is 0.0266. The molecule has 1 aliphatic rings. The molecule has 0 aliphatic carbocycles. The number of nitrogens with one attached hydrogen (secondary N) is 2. The number of carbonyl (C=O) groups is 1. The van der Waals surface area contributed by atoms with Crippen molar-refractivity contribution >= 4 is 11.8 Å². The van der Waals surface area contributed by atoms with Crippen LogP contribution in [0.25, 0.3) is 0 Å². The van der Waals surface area contributed by atoms with Crippen molar-refractivity contribution in [1.82, 2.24) is 5.32 Å². The van der Waals surface area contributed by atoms with Crippen molar-refractivity contribution in [2.75, 3.05) is 18.4 Å². The second-order valence-corrected chi connectivity index (χ2v) is 3.18. The van der Waals surface area contributed by atoms with Gasteiger partial charge in [0.25, 0.3) is 0 Å². The second kappa shape index (κ2) is 4.11. The number of anilines is 1. The summed E-state index contributed by atoms with van der Waals surface area (Å²) in [5.74, 6) is 0. The van der Waals surface area contributed by atoms with Crippen molar-refractivity contribution in [2.45, 2.75) is 6.10 Å². The average molecular weight is 192 g/mol. The number of rotatable bonds is 2. The summed E-state index contributed by atoms with van der Waals surface area (Å²) in [5.41, 5.74) is 0.754. The molecule has 0 radical (unpaired) electrons. The van der Waals surface area contributed by atoms with Gasteiger partial charge in [-0.1, -0.05) is 18.2 Å². The van der Waals surface area contributed by atoms with E-state index in [2.05, 4.69) is 10.6 Å². The Morgan fingerprint density at radius 1 is 1.36 bits per heavy atom. The van der Waals surface area contributed by atoms with E-state index in [0.717, 1.165) is 18.8 Å². The van der Waals surface area contributed by atoms with Gasteiger partial charge in [0, 0.05) is 18.8 Å². The van der Waals surface area contributed by atoms with Gasteiger partial charge in [0.15, 0.2) is 0 Å². The Kier molecular flexibility index (Phi) is 2.65. The zero-order valence-corrected chi connectivity index (χ0v) is 7.69. The van der Waals surface area contributed by atoms with Crippen LogP contribution in [-0.4, -0.2) is 25.3 Å². The molecule has 1 saturated heterocycles. The molecular formula is C10H12N2O2. The third kappa shape index (κ3) is 2.23. The maximum absolute atomic E-state index is 11.3. The van der Waals surface area contributed by atoms with Crippen molar-refractivity contribution in [3.8, 4) is 0 Å². The SMILES string of the molecule is O=C(Nc1ccccc1)OC1CNC1. The van der Waals surface area contributed by atoms with Crippen molar-refractivity contribution in [3.63, 3.8) is 0 Å². The highest BCUT2D eigenvalue weighted by atomic mass is 16.6. The molecule has 2 N–H and O–H groups in total. The Balaban J connectivity index is 1.82. The summed E-state index contributed by atoms with van der Waals surface area (Å²) < 4.78 is 5.08. The van der Waals surface area contributed by atoms with Crippen molar-refractivity contribution in [1.29, 1.82) is 0 Å². The van der Waals surface area contributed by atoms with E-state index in [1.54, 1.807) is 0 Å². The molecule has 2 rings (SSSR count). The first-order chi connectivity index (χ1) is 6.84. The Bertz CT molecular complexity index is 309. The topological polar surface area (TPSA) is 50.4 Å². The number of ether oxygens (including phenoxy) is 1. The van der Waals surface area contributed by atoms with Gasteiger partial charge in [0.2, 0.25) is 0 Å². The minimum atomic E-state index is -0.386. The summed E-state index contributed by atoms with van der Waals surface area (Å²) in [6.07, 6.45) is -0.360.